The molecule has 0 saturated carbocycles. The number of aromatic carboxylic acids is 1. The monoisotopic (exact) mass is 293 g/mol. The Morgan fingerprint density at radius 3 is 2.81 bits per heavy atom. The molecule has 0 spiro atoms. The van der Waals surface area contributed by atoms with Gasteiger partial charge in [0.1, 0.15) is 5.82 Å². The van der Waals surface area contributed by atoms with E-state index in [1.54, 1.807) is 0 Å². The second-order valence-corrected chi connectivity index (χ2v) is 5.83. The number of hydrogen-bond acceptors (Lipinski definition) is 4. The molecule has 0 radical (unpaired) electrons. The van der Waals surface area contributed by atoms with Gasteiger partial charge in [-0.3, -0.25) is 4.90 Å². The topological polar surface area (TPSA) is 69.8 Å². The molecule has 0 aliphatic carbocycles. The van der Waals surface area contributed by atoms with E-state index in [1.807, 2.05) is 4.90 Å². The van der Waals surface area contributed by atoms with Gasteiger partial charge in [-0.25, -0.2) is 9.18 Å². The first-order chi connectivity index (χ1) is 10.1. The van der Waals surface area contributed by atoms with Crippen molar-refractivity contribution >= 4 is 17.3 Å². The van der Waals surface area contributed by atoms with Gasteiger partial charge >= 0.3 is 5.97 Å². The maximum atomic E-state index is 14.2. The van der Waals surface area contributed by atoms with Gasteiger partial charge in [0.25, 0.3) is 0 Å². The molecule has 3 rings (SSSR count). The standard InChI is InChI=1S/C15H20FN3O2/c16-12-8-13(17)11(15(20)21)7-14(12)19-6-2-5-18-4-1-3-10(18)9-19/h7-8,10H,1-6,9,17H2,(H,20,21). The van der Waals surface area contributed by atoms with Crippen LogP contribution in [0.5, 0.6) is 0 Å². The number of fused-ring (bicyclic) bond motifs is 1. The molecule has 114 valence electrons. The molecule has 2 saturated heterocycles. The number of carboxylic acids is 1. The first kappa shape index (κ1) is 14.1. The number of rotatable bonds is 2. The van der Waals surface area contributed by atoms with Crippen molar-refractivity contribution in [2.24, 2.45) is 0 Å². The number of hydrogen-bond donors (Lipinski definition) is 2. The quantitative estimate of drug-likeness (QED) is 0.813. The molecule has 2 heterocycles. The molecule has 3 N–H and O–H groups in total. The molecule has 0 bridgehead atoms. The Bertz CT molecular complexity index is 564. The fraction of sp³-hybridized carbons (Fsp3) is 0.533. The molecule has 1 atom stereocenters. The lowest BCUT2D eigenvalue weighted by Crippen LogP contribution is -2.37. The van der Waals surface area contributed by atoms with Crippen LogP contribution in [0, 0.1) is 5.82 Å². The van der Waals surface area contributed by atoms with Gasteiger partial charge in [0.15, 0.2) is 0 Å². The van der Waals surface area contributed by atoms with Crippen LogP contribution in [0.2, 0.25) is 0 Å². The smallest absolute Gasteiger partial charge is 0.337 e. The number of carboxylic acid groups (broad SMARTS) is 1. The number of nitrogens with zero attached hydrogens (tertiary/aromatic N) is 2. The van der Waals surface area contributed by atoms with Crippen LogP contribution in [0.3, 0.4) is 0 Å². The van der Waals surface area contributed by atoms with Crippen LogP contribution in [0.1, 0.15) is 29.6 Å². The third kappa shape index (κ3) is 2.68. The molecule has 0 aromatic heterocycles. The largest absolute Gasteiger partial charge is 0.478 e. The average Bonchev–Trinajstić information content (AvgIpc) is 2.76. The van der Waals surface area contributed by atoms with Crippen molar-refractivity contribution in [3.8, 4) is 0 Å². The molecular weight excluding hydrogens is 273 g/mol. The lowest BCUT2D eigenvalue weighted by atomic mass is 10.1. The van der Waals surface area contributed by atoms with Crippen LogP contribution >= 0.6 is 0 Å². The third-order valence-electron chi connectivity index (χ3n) is 4.49. The minimum atomic E-state index is -1.12. The summed E-state index contributed by atoms with van der Waals surface area (Å²) >= 11 is 0. The summed E-state index contributed by atoms with van der Waals surface area (Å²) in [5.41, 5.74) is 5.89. The fourth-order valence-corrected chi connectivity index (χ4v) is 3.43. The Morgan fingerprint density at radius 1 is 1.29 bits per heavy atom. The van der Waals surface area contributed by atoms with Crippen LogP contribution in [-0.4, -0.2) is 48.2 Å². The van der Waals surface area contributed by atoms with Crippen molar-refractivity contribution in [1.29, 1.82) is 0 Å². The maximum Gasteiger partial charge on any atom is 0.337 e. The molecule has 2 fully saturated rings. The molecule has 1 unspecified atom stereocenters. The summed E-state index contributed by atoms with van der Waals surface area (Å²) in [7, 11) is 0. The van der Waals surface area contributed by atoms with Gasteiger partial charge in [0, 0.05) is 31.4 Å². The summed E-state index contributed by atoms with van der Waals surface area (Å²) in [5.74, 6) is -1.56. The summed E-state index contributed by atoms with van der Waals surface area (Å²) < 4.78 is 14.2. The van der Waals surface area contributed by atoms with Gasteiger partial charge < -0.3 is 15.7 Å². The summed E-state index contributed by atoms with van der Waals surface area (Å²) in [6, 6.07) is 2.94. The molecule has 2 aliphatic heterocycles. The van der Waals surface area contributed by atoms with Crippen LogP contribution < -0.4 is 10.6 Å². The number of halogens is 1. The van der Waals surface area contributed by atoms with E-state index in [0.29, 0.717) is 11.7 Å². The Hall–Kier alpha value is -1.82. The van der Waals surface area contributed by atoms with Crippen molar-refractivity contribution in [2.45, 2.75) is 25.3 Å². The van der Waals surface area contributed by atoms with Gasteiger partial charge in [-0.2, -0.15) is 0 Å². The Balaban J connectivity index is 1.91. The molecule has 21 heavy (non-hydrogen) atoms. The minimum Gasteiger partial charge on any atom is -0.478 e. The van der Waals surface area contributed by atoms with E-state index < -0.39 is 11.8 Å². The number of anilines is 2. The highest BCUT2D eigenvalue weighted by molar-refractivity contribution is 5.95. The van der Waals surface area contributed by atoms with Crippen molar-refractivity contribution < 1.29 is 14.3 Å². The van der Waals surface area contributed by atoms with E-state index in [2.05, 4.69) is 4.90 Å². The van der Waals surface area contributed by atoms with Crippen LogP contribution in [0.4, 0.5) is 15.8 Å². The summed E-state index contributed by atoms with van der Waals surface area (Å²) in [6.45, 7) is 3.64. The van der Waals surface area contributed by atoms with Crippen LogP contribution in [-0.2, 0) is 0 Å². The lowest BCUT2D eigenvalue weighted by molar-refractivity contribution is 0.0698. The van der Waals surface area contributed by atoms with Crippen molar-refractivity contribution in [3.05, 3.63) is 23.5 Å². The highest BCUT2D eigenvalue weighted by Crippen LogP contribution is 2.29. The molecular formula is C15H20FN3O2. The SMILES string of the molecule is Nc1cc(F)c(N2CCCN3CCCC3C2)cc1C(=O)O. The van der Waals surface area contributed by atoms with E-state index in [9.17, 15) is 9.18 Å². The van der Waals surface area contributed by atoms with E-state index in [4.69, 9.17) is 10.8 Å². The van der Waals surface area contributed by atoms with E-state index in [1.165, 1.54) is 12.5 Å². The average molecular weight is 293 g/mol. The van der Waals surface area contributed by atoms with Crippen LogP contribution in [0.15, 0.2) is 12.1 Å². The van der Waals surface area contributed by atoms with Gasteiger partial charge in [0.05, 0.1) is 11.3 Å². The van der Waals surface area contributed by atoms with Crippen molar-refractivity contribution in [3.63, 3.8) is 0 Å². The highest BCUT2D eigenvalue weighted by Gasteiger charge is 2.30. The number of nitrogens with two attached hydrogens (primary N) is 1. The van der Waals surface area contributed by atoms with E-state index in [0.717, 1.165) is 45.1 Å². The number of benzene rings is 1. The van der Waals surface area contributed by atoms with Crippen LogP contribution in [0.25, 0.3) is 0 Å². The molecule has 5 nitrogen and oxygen atoms in total. The normalized spacial score (nSPS) is 22.9. The summed E-state index contributed by atoms with van der Waals surface area (Å²) in [6.07, 6.45) is 3.27. The molecule has 0 amide bonds. The first-order valence-corrected chi connectivity index (χ1v) is 7.37. The zero-order chi connectivity index (χ0) is 15.0. The molecule has 2 aliphatic rings. The number of carbonyl (C=O) groups is 1. The summed E-state index contributed by atoms with van der Waals surface area (Å²) in [5, 5.41) is 9.16. The zero-order valence-electron chi connectivity index (χ0n) is 11.9. The third-order valence-corrected chi connectivity index (χ3v) is 4.49. The Morgan fingerprint density at radius 2 is 2.05 bits per heavy atom. The Labute approximate surface area is 123 Å². The molecule has 1 aromatic carbocycles. The van der Waals surface area contributed by atoms with Gasteiger partial charge in [-0.05, 0) is 37.9 Å². The van der Waals surface area contributed by atoms with Gasteiger partial charge in [0.2, 0.25) is 0 Å². The summed E-state index contributed by atoms with van der Waals surface area (Å²) in [4.78, 5) is 15.6. The predicted molar refractivity (Wildman–Crippen MR) is 79.2 cm³/mol. The van der Waals surface area contributed by atoms with Crippen molar-refractivity contribution in [2.75, 3.05) is 36.8 Å². The Kier molecular flexibility index (Phi) is 3.71. The lowest BCUT2D eigenvalue weighted by Gasteiger charge is -2.28. The second kappa shape index (κ2) is 5.52. The maximum absolute atomic E-state index is 14.2. The number of nitrogen functional groups attached to an aromatic ring is 1. The van der Waals surface area contributed by atoms with E-state index in [-0.39, 0.29) is 11.3 Å². The highest BCUT2D eigenvalue weighted by atomic mass is 19.1. The zero-order valence-corrected chi connectivity index (χ0v) is 11.9. The fourth-order valence-electron chi connectivity index (χ4n) is 3.43. The van der Waals surface area contributed by atoms with E-state index >= 15 is 0 Å². The minimum absolute atomic E-state index is 0.0268. The van der Waals surface area contributed by atoms with Gasteiger partial charge in [-0.15, -0.1) is 0 Å². The second-order valence-electron chi connectivity index (χ2n) is 5.83. The van der Waals surface area contributed by atoms with Crippen molar-refractivity contribution in [1.82, 2.24) is 4.90 Å². The first-order valence-electron chi connectivity index (χ1n) is 7.37. The molecule has 1 aromatic rings. The predicted octanol–water partition coefficient (Wildman–Crippen LogP) is 1.78. The molecule has 6 heteroatoms. The van der Waals surface area contributed by atoms with Gasteiger partial charge in [-0.1, -0.05) is 0 Å².